The van der Waals surface area contributed by atoms with E-state index in [1.165, 1.54) is 0 Å². The van der Waals surface area contributed by atoms with Crippen molar-refractivity contribution in [2.45, 2.75) is 59.0 Å². The van der Waals surface area contributed by atoms with E-state index in [2.05, 4.69) is 61.4 Å². The summed E-state index contributed by atoms with van der Waals surface area (Å²) in [5.74, 6) is 1.15. The first-order chi connectivity index (χ1) is 9.47. The zero-order valence-electron chi connectivity index (χ0n) is 14.1. The standard InChI is InChI=1S/C16H32N4/c1-7-10-17-14(13-15-18-11-12-19(15)6)16(4,5)20(8-2)9-3/h11-12,14,17H,7-10,13H2,1-6H3. The quantitative estimate of drug-likeness (QED) is 0.754. The molecule has 0 saturated carbocycles. The van der Waals surface area contributed by atoms with Gasteiger partial charge in [-0.3, -0.25) is 4.90 Å². The molecule has 0 radical (unpaired) electrons. The normalized spacial score (nSPS) is 13.9. The van der Waals surface area contributed by atoms with E-state index in [-0.39, 0.29) is 5.54 Å². The lowest BCUT2D eigenvalue weighted by molar-refractivity contribution is 0.0900. The molecule has 0 aromatic carbocycles. The van der Waals surface area contributed by atoms with Gasteiger partial charge in [0.2, 0.25) is 0 Å². The van der Waals surface area contributed by atoms with Crippen molar-refractivity contribution in [1.82, 2.24) is 19.8 Å². The Labute approximate surface area is 124 Å². The first kappa shape index (κ1) is 17.2. The van der Waals surface area contributed by atoms with Crippen LogP contribution in [0.25, 0.3) is 0 Å². The average molecular weight is 280 g/mol. The summed E-state index contributed by atoms with van der Waals surface area (Å²) in [4.78, 5) is 7.02. The second kappa shape index (κ2) is 7.79. The third kappa shape index (κ3) is 4.06. The van der Waals surface area contributed by atoms with Crippen LogP contribution in [-0.4, -0.2) is 45.7 Å². The van der Waals surface area contributed by atoms with E-state index in [0.717, 1.165) is 38.3 Å². The number of rotatable bonds is 9. The molecule has 20 heavy (non-hydrogen) atoms. The number of hydrogen-bond donors (Lipinski definition) is 1. The van der Waals surface area contributed by atoms with E-state index >= 15 is 0 Å². The van der Waals surface area contributed by atoms with Crippen molar-refractivity contribution >= 4 is 0 Å². The van der Waals surface area contributed by atoms with Gasteiger partial charge >= 0.3 is 0 Å². The van der Waals surface area contributed by atoms with Gasteiger partial charge in [0.05, 0.1) is 0 Å². The number of nitrogens with zero attached hydrogens (tertiary/aromatic N) is 3. The fourth-order valence-electron chi connectivity index (χ4n) is 2.93. The fraction of sp³-hybridized carbons (Fsp3) is 0.812. The molecular formula is C16H32N4. The van der Waals surface area contributed by atoms with Crippen molar-refractivity contribution in [2.24, 2.45) is 7.05 Å². The van der Waals surface area contributed by atoms with Crippen LogP contribution >= 0.6 is 0 Å². The Hall–Kier alpha value is -0.870. The SMILES string of the molecule is CCCNC(Cc1nccn1C)C(C)(C)N(CC)CC. The van der Waals surface area contributed by atoms with Gasteiger partial charge < -0.3 is 9.88 Å². The molecule has 4 heteroatoms. The molecule has 0 spiro atoms. The summed E-state index contributed by atoms with van der Waals surface area (Å²) >= 11 is 0. The molecule has 0 bridgehead atoms. The highest BCUT2D eigenvalue weighted by molar-refractivity contribution is 5.02. The Morgan fingerprint density at radius 1 is 1.30 bits per heavy atom. The lowest BCUT2D eigenvalue weighted by Gasteiger charge is -2.44. The molecule has 1 rings (SSSR count). The van der Waals surface area contributed by atoms with Crippen LogP contribution in [0.15, 0.2) is 12.4 Å². The van der Waals surface area contributed by atoms with Gasteiger partial charge in [-0.15, -0.1) is 0 Å². The fourth-order valence-corrected chi connectivity index (χ4v) is 2.93. The van der Waals surface area contributed by atoms with Crippen LogP contribution in [0.5, 0.6) is 0 Å². The van der Waals surface area contributed by atoms with E-state index < -0.39 is 0 Å². The molecule has 1 heterocycles. The van der Waals surface area contributed by atoms with Crippen LogP contribution in [-0.2, 0) is 13.5 Å². The van der Waals surface area contributed by atoms with E-state index in [0.29, 0.717) is 6.04 Å². The van der Waals surface area contributed by atoms with Crippen LogP contribution in [0.4, 0.5) is 0 Å². The lowest BCUT2D eigenvalue weighted by atomic mass is 9.89. The summed E-state index contributed by atoms with van der Waals surface area (Å²) in [7, 11) is 2.07. The van der Waals surface area contributed by atoms with Crippen molar-refractivity contribution < 1.29 is 0 Å². The number of likely N-dealkylation sites (N-methyl/N-ethyl adjacent to an activating group) is 1. The minimum absolute atomic E-state index is 0.116. The molecule has 1 atom stereocenters. The van der Waals surface area contributed by atoms with Crippen LogP contribution in [0.2, 0.25) is 0 Å². The number of aryl methyl sites for hydroxylation is 1. The topological polar surface area (TPSA) is 33.1 Å². The summed E-state index contributed by atoms with van der Waals surface area (Å²) in [6, 6.07) is 0.406. The molecule has 0 fully saturated rings. The molecule has 4 nitrogen and oxygen atoms in total. The van der Waals surface area contributed by atoms with Gasteiger partial charge in [0.25, 0.3) is 0 Å². The van der Waals surface area contributed by atoms with Crippen molar-refractivity contribution in [3.05, 3.63) is 18.2 Å². The van der Waals surface area contributed by atoms with Crippen LogP contribution in [0, 0.1) is 0 Å². The molecule has 0 saturated heterocycles. The molecule has 0 aliphatic heterocycles. The van der Waals surface area contributed by atoms with Crippen molar-refractivity contribution in [3.63, 3.8) is 0 Å². The van der Waals surface area contributed by atoms with E-state index in [1.54, 1.807) is 0 Å². The Kier molecular flexibility index (Phi) is 6.69. The van der Waals surface area contributed by atoms with Crippen molar-refractivity contribution in [3.8, 4) is 0 Å². The third-order valence-electron chi connectivity index (χ3n) is 4.38. The molecule has 0 aliphatic carbocycles. The Balaban J connectivity index is 2.90. The maximum atomic E-state index is 4.49. The van der Waals surface area contributed by atoms with Crippen LogP contribution < -0.4 is 5.32 Å². The maximum absolute atomic E-state index is 4.49. The largest absolute Gasteiger partial charge is 0.338 e. The molecule has 0 aliphatic rings. The highest BCUT2D eigenvalue weighted by Crippen LogP contribution is 2.21. The molecule has 1 aromatic rings. The molecule has 0 amide bonds. The summed E-state index contributed by atoms with van der Waals surface area (Å²) in [6.07, 6.45) is 6.03. The predicted molar refractivity (Wildman–Crippen MR) is 86.0 cm³/mol. The van der Waals surface area contributed by atoms with Crippen molar-refractivity contribution in [2.75, 3.05) is 19.6 Å². The predicted octanol–water partition coefficient (Wildman–Crippen LogP) is 2.45. The molecule has 1 aromatic heterocycles. The number of hydrogen-bond acceptors (Lipinski definition) is 3. The second-order valence-electron chi connectivity index (χ2n) is 5.99. The van der Waals surface area contributed by atoms with Gasteiger partial charge in [-0.25, -0.2) is 4.98 Å². The highest BCUT2D eigenvalue weighted by Gasteiger charge is 2.34. The van der Waals surface area contributed by atoms with Gasteiger partial charge in [-0.05, 0) is 39.9 Å². The maximum Gasteiger partial charge on any atom is 0.109 e. The third-order valence-corrected chi connectivity index (χ3v) is 4.38. The Bertz CT molecular complexity index is 380. The van der Waals surface area contributed by atoms with Crippen molar-refractivity contribution in [1.29, 1.82) is 0 Å². The van der Waals surface area contributed by atoms with E-state index in [4.69, 9.17) is 0 Å². The summed E-state index contributed by atoms with van der Waals surface area (Å²) in [5, 5.41) is 3.73. The lowest BCUT2D eigenvalue weighted by Crippen LogP contribution is -2.58. The van der Waals surface area contributed by atoms with Gasteiger partial charge in [-0.2, -0.15) is 0 Å². The van der Waals surface area contributed by atoms with Crippen LogP contribution in [0.3, 0.4) is 0 Å². The van der Waals surface area contributed by atoms with E-state index in [9.17, 15) is 0 Å². The van der Waals surface area contributed by atoms with Crippen LogP contribution in [0.1, 0.15) is 46.9 Å². The zero-order chi connectivity index (χ0) is 15.2. The van der Waals surface area contributed by atoms with Gasteiger partial charge in [-0.1, -0.05) is 20.8 Å². The highest BCUT2D eigenvalue weighted by atomic mass is 15.2. The van der Waals surface area contributed by atoms with Gasteiger partial charge in [0, 0.05) is 37.4 Å². The van der Waals surface area contributed by atoms with E-state index in [1.807, 2.05) is 12.4 Å². The second-order valence-corrected chi connectivity index (χ2v) is 5.99. The molecule has 116 valence electrons. The summed E-state index contributed by atoms with van der Waals surface area (Å²) in [6.45, 7) is 14.6. The molecular weight excluding hydrogens is 248 g/mol. The molecule has 1 N–H and O–H groups in total. The summed E-state index contributed by atoms with van der Waals surface area (Å²) in [5.41, 5.74) is 0.116. The van der Waals surface area contributed by atoms with Gasteiger partial charge in [0.1, 0.15) is 5.82 Å². The minimum Gasteiger partial charge on any atom is -0.338 e. The van der Waals surface area contributed by atoms with Gasteiger partial charge in [0.15, 0.2) is 0 Å². The first-order valence-electron chi connectivity index (χ1n) is 7.91. The number of aromatic nitrogens is 2. The number of imidazole rings is 1. The first-order valence-corrected chi connectivity index (χ1v) is 7.91. The zero-order valence-corrected chi connectivity index (χ0v) is 14.1. The Morgan fingerprint density at radius 2 is 1.95 bits per heavy atom. The summed E-state index contributed by atoms with van der Waals surface area (Å²) < 4.78 is 2.12. The minimum atomic E-state index is 0.116. The molecule has 1 unspecified atom stereocenters. The Morgan fingerprint density at radius 3 is 2.40 bits per heavy atom. The average Bonchev–Trinajstić information content (AvgIpc) is 2.81. The smallest absolute Gasteiger partial charge is 0.109 e. The number of nitrogens with one attached hydrogen (secondary N) is 1. The monoisotopic (exact) mass is 280 g/mol.